The molecule has 288 valence electrons. The van der Waals surface area contributed by atoms with Gasteiger partial charge in [-0.1, -0.05) is 12.1 Å². The molecule has 1 aromatic carbocycles. The van der Waals surface area contributed by atoms with Gasteiger partial charge in [-0.05, 0) is 92.8 Å². The highest BCUT2D eigenvalue weighted by molar-refractivity contribution is 7.10. The minimum Gasteiger partial charge on any atom is -0.364 e. The number of anilines is 6. The summed E-state index contributed by atoms with van der Waals surface area (Å²) in [5.41, 5.74) is 18.9. The normalized spacial score (nSPS) is 16.9. The minimum atomic E-state index is -0.681. The maximum Gasteiger partial charge on any atom is 0.271 e. The summed E-state index contributed by atoms with van der Waals surface area (Å²) >= 11 is 2.54. The van der Waals surface area contributed by atoms with Crippen LogP contribution in [0.3, 0.4) is 0 Å². The molecule has 2 fully saturated rings. The second-order valence-corrected chi connectivity index (χ2v) is 15.0. The Labute approximate surface area is 325 Å². The van der Waals surface area contributed by atoms with E-state index >= 15 is 0 Å². The number of nitrogens with two attached hydrogens (primary N) is 3. The maximum absolute atomic E-state index is 14.0. The highest BCUT2D eigenvalue weighted by Gasteiger charge is 2.26. The SMILES string of the molecule is Cc1cc(Nc2nc(N3CCC[C@@H](CC(=O)c4ccccc4F)C3)cnc2C(N)=O)sn1.Cc1cc(Nc2nc(N3CCC[C@@H](N)C3)cnc2C(N)=O)sn1. The molecular weight excluding hydrogens is 746 g/mol. The molecule has 2 aliphatic rings. The van der Waals surface area contributed by atoms with Crippen LogP contribution >= 0.6 is 23.1 Å². The van der Waals surface area contributed by atoms with Crippen molar-refractivity contribution in [3.05, 3.63) is 82.9 Å². The topological polar surface area (TPSA) is 237 Å². The lowest BCUT2D eigenvalue weighted by molar-refractivity contribution is 0.0950. The third-order valence-corrected chi connectivity index (χ3v) is 10.6. The number of halogens is 1. The first kappa shape index (κ1) is 39.0. The number of primary amides is 2. The van der Waals surface area contributed by atoms with E-state index in [0.717, 1.165) is 66.7 Å². The zero-order chi connectivity index (χ0) is 39.1. The molecule has 0 unspecified atom stereocenters. The number of nitrogens with zero attached hydrogens (tertiary/aromatic N) is 8. The molecule has 2 saturated heterocycles. The first-order valence-electron chi connectivity index (χ1n) is 17.7. The second-order valence-electron chi connectivity index (χ2n) is 13.4. The lowest BCUT2D eigenvalue weighted by Gasteiger charge is -2.33. The van der Waals surface area contributed by atoms with Crippen LogP contribution in [0.4, 0.5) is 37.7 Å². The summed E-state index contributed by atoms with van der Waals surface area (Å²) in [7, 11) is 0. The fraction of sp³-hybridized carbons (Fsp3) is 0.361. The van der Waals surface area contributed by atoms with Gasteiger partial charge in [-0.25, -0.2) is 24.3 Å². The van der Waals surface area contributed by atoms with Crippen LogP contribution in [0.1, 0.15) is 74.8 Å². The number of carbonyl (C=O) groups is 3. The molecule has 0 spiro atoms. The molecule has 6 heterocycles. The van der Waals surface area contributed by atoms with Gasteiger partial charge in [0, 0.05) is 38.6 Å². The largest absolute Gasteiger partial charge is 0.364 e. The van der Waals surface area contributed by atoms with Crippen molar-refractivity contribution in [2.45, 2.75) is 52.0 Å². The number of nitrogens with one attached hydrogen (secondary N) is 2. The Hall–Kier alpha value is -5.66. The summed E-state index contributed by atoms with van der Waals surface area (Å²) < 4.78 is 22.4. The number of aryl methyl sites for hydroxylation is 2. The van der Waals surface area contributed by atoms with Gasteiger partial charge in [-0.2, -0.15) is 8.75 Å². The van der Waals surface area contributed by atoms with Crippen LogP contribution in [-0.2, 0) is 0 Å². The standard InChI is InChI=1S/C22H23FN6O2S.C14H19N7OS/c1-13-9-19(32-28-13)27-22-20(21(24)31)25-11-18(26-22)29-8-4-5-14(12-29)10-17(30)15-6-2-3-7-16(15)23;1-8-5-11(23-20-8)19-14-12(13(16)22)17-6-10(18-14)21-4-2-3-9(15)7-21/h2-3,6-7,9,11,14H,4-5,8,10,12H2,1H3,(H2,24,31)(H,26,27);5-6,9H,2-4,7,15H2,1H3,(H2,16,22)(H,18,19)/t14-;9-/m01/s1. The maximum atomic E-state index is 14.0. The number of aromatic nitrogens is 6. The van der Waals surface area contributed by atoms with Crippen LogP contribution in [0.5, 0.6) is 0 Å². The van der Waals surface area contributed by atoms with Gasteiger partial charge in [0.05, 0.1) is 29.3 Å². The number of Topliss-reactive ketones (excluding diaryl/α,β-unsaturated/α-hetero) is 1. The van der Waals surface area contributed by atoms with Crippen molar-refractivity contribution in [1.82, 2.24) is 28.7 Å². The lowest BCUT2D eigenvalue weighted by Crippen LogP contribution is -2.43. The molecule has 2 atom stereocenters. The van der Waals surface area contributed by atoms with Crippen LogP contribution in [-0.4, -0.2) is 78.5 Å². The molecule has 55 heavy (non-hydrogen) atoms. The average molecular weight is 788 g/mol. The summed E-state index contributed by atoms with van der Waals surface area (Å²) in [5, 5.41) is 7.68. The van der Waals surface area contributed by atoms with Gasteiger partial charge in [0.25, 0.3) is 11.8 Å². The molecular formula is C36H42FN13O3S2. The van der Waals surface area contributed by atoms with E-state index in [1.807, 2.05) is 30.9 Å². The van der Waals surface area contributed by atoms with E-state index in [-0.39, 0.29) is 46.9 Å². The van der Waals surface area contributed by atoms with E-state index in [1.54, 1.807) is 18.3 Å². The minimum absolute atomic E-state index is 0.0445. The number of benzene rings is 1. The fourth-order valence-corrected chi connectivity index (χ4v) is 7.72. The van der Waals surface area contributed by atoms with Crippen molar-refractivity contribution in [3.8, 4) is 0 Å². The van der Waals surface area contributed by atoms with Gasteiger partial charge < -0.3 is 37.6 Å². The van der Waals surface area contributed by atoms with Gasteiger partial charge in [0.15, 0.2) is 28.8 Å². The van der Waals surface area contributed by atoms with Crippen molar-refractivity contribution >= 4 is 73.9 Å². The third kappa shape index (κ3) is 10.1. The molecule has 19 heteroatoms. The van der Waals surface area contributed by atoms with Gasteiger partial charge in [0.1, 0.15) is 27.5 Å². The van der Waals surface area contributed by atoms with E-state index in [0.29, 0.717) is 24.0 Å². The lowest BCUT2D eigenvalue weighted by atomic mass is 9.91. The van der Waals surface area contributed by atoms with E-state index in [9.17, 15) is 18.8 Å². The van der Waals surface area contributed by atoms with Crippen LogP contribution in [0, 0.1) is 25.6 Å². The molecule has 0 bridgehead atoms. The number of hydrogen-bond acceptors (Lipinski definition) is 16. The van der Waals surface area contributed by atoms with Crippen molar-refractivity contribution in [3.63, 3.8) is 0 Å². The van der Waals surface area contributed by atoms with Crippen molar-refractivity contribution in [1.29, 1.82) is 0 Å². The van der Waals surface area contributed by atoms with Crippen molar-refractivity contribution < 1.29 is 18.8 Å². The molecule has 5 aromatic rings. The molecule has 0 radical (unpaired) electrons. The number of amides is 2. The number of carbonyl (C=O) groups excluding carboxylic acids is 3. The smallest absolute Gasteiger partial charge is 0.271 e. The molecule has 2 aliphatic heterocycles. The first-order chi connectivity index (χ1) is 26.4. The van der Waals surface area contributed by atoms with Crippen LogP contribution < -0.4 is 37.6 Å². The van der Waals surface area contributed by atoms with Crippen LogP contribution in [0.25, 0.3) is 0 Å². The number of ketones is 1. The molecule has 7 rings (SSSR count). The summed E-state index contributed by atoms with van der Waals surface area (Å²) in [4.78, 5) is 57.7. The Kier molecular flexibility index (Phi) is 12.5. The van der Waals surface area contributed by atoms with E-state index in [1.165, 1.54) is 41.4 Å². The predicted molar refractivity (Wildman–Crippen MR) is 211 cm³/mol. The Balaban J connectivity index is 0.000000197. The van der Waals surface area contributed by atoms with E-state index in [4.69, 9.17) is 17.2 Å². The van der Waals surface area contributed by atoms with Crippen molar-refractivity contribution in [2.75, 3.05) is 46.6 Å². The highest BCUT2D eigenvalue weighted by Crippen LogP contribution is 2.29. The quantitative estimate of drug-likeness (QED) is 0.114. The fourth-order valence-electron chi connectivity index (χ4n) is 6.39. The molecule has 4 aromatic heterocycles. The Morgan fingerprint density at radius 1 is 0.818 bits per heavy atom. The number of hydrogen-bond donors (Lipinski definition) is 5. The number of rotatable bonds is 11. The Bertz CT molecular complexity index is 2160. The van der Waals surface area contributed by atoms with Gasteiger partial charge >= 0.3 is 0 Å². The summed E-state index contributed by atoms with van der Waals surface area (Å²) in [6.07, 6.45) is 7.10. The van der Waals surface area contributed by atoms with Gasteiger partial charge in [0.2, 0.25) is 0 Å². The molecule has 2 amide bonds. The highest BCUT2D eigenvalue weighted by atomic mass is 32.1. The van der Waals surface area contributed by atoms with E-state index in [2.05, 4.69) is 44.2 Å². The molecule has 8 N–H and O–H groups in total. The zero-order valence-corrected chi connectivity index (χ0v) is 32.0. The second kappa shape index (κ2) is 17.7. The summed E-state index contributed by atoms with van der Waals surface area (Å²) in [5.74, 6) is -0.0475. The number of piperidine rings is 2. The molecule has 16 nitrogen and oxygen atoms in total. The molecule has 0 aliphatic carbocycles. The van der Waals surface area contributed by atoms with E-state index < -0.39 is 17.6 Å². The monoisotopic (exact) mass is 787 g/mol. The van der Waals surface area contributed by atoms with Crippen LogP contribution in [0.15, 0.2) is 48.8 Å². The third-order valence-electron chi connectivity index (χ3n) is 9.00. The van der Waals surface area contributed by atoms with Crippen LogP contribution in [0.2, 0.25) is 0 Å². The van der Waals surface area contributed by atoms with Gasteiger partial charge in [-0.15, -0.1) is 0 Å². The first-order valence-corrected chi connectivity index (χ1v) is 19.3. The summed E-state index contributed by atoms with van der Waals surface area (Å²) in [6.45, 7) is 6.70. The molecule has 0 saturated carbocycles. The summed E-state index contributed by atoms with van der Waals surface area (Å²) in [6, 6.07) is 9.90. The van der Waals surface area contributed by atoms with Crippen molar-refractivity contribution in [2.24, 2.45) is 23.1 Å². The Morgan fingerprint density at radius 2 is 1.35 bits per heavy atom. The zero-order valence-electron chi connectivity index (χ0n) is 30.4. The average Bonchev–Trinajstić information content (AvgIpc) is 3.77. The van der Waals surface area contributed by atoms with Gasteiger partial charge in [-0.3, -0.25) is 14.4 Å². The Morgan fingerprint density at radius 3 is 1.84 bits per heavy atom. The predicted octanol–water partition coefficient (Wildman–Crippen LogP) is 4.72.